The van der Waals surface area contributed by atoms with Crippen LogP contribution in [0, 0.1) is 11.3 Å². The first-order valence-corrected chi connectivity index (χ1v) is 3.61. The standard InChI is InChI=1S/C7H11NO/c8-7(5-1-2-5)9-6-3-4-6/h5-6,8H,1-4H2. The van der Waals surface area contributed by atoms with Crippen LogP contribution in [0.5, 0.6) is 0 Å². The zero-order valence-corrected chi connectivity index (χ0v) is 5.39. The summed E-state index contributed by atoms with van der Waals surface area (Å²) in [6.07, 6.45) is 5.15. The Morgan fingerprint density at radius 1 is 1.22 bits per heavy atom. The van der Waals surface area contributed by atoms with Crippen molar-refractivity contribution in [2.24, 2.45) is 5.92 Å². The average Bonchev–Trinajstić information content (AvgIpc) is 2.62. The Hall–Kier alpha value is -0.530. The predicted octanol–water partition coefficient (Wildman–Crippen LogP) is 1.55. The molecule has 0 aromatic rings. The van der Waals surface area contributed by atoms with E-state index in [9.17, 15) is 0 Å². The summed E-state index contributed by atoms with van der Waals surface area (Å²) in [7, 11) is 0. The number of nitrogens with one attached hydrogen (secondary N) is 1. The molecule has 0 heterocycles. The van der Waals surface area contributed by atoms with Gasteiger partial charge in [-0.2, -0.15) is 0 Å². The lowest BCUT2D eigenvalue weighted by Crippen LogP contribution is -2.06. The third kappa shape index (κ3) is 1.23. The van der Waals surface area contributed by atoms with Crippen LogP contribution in [0.2, 0.25) is 0 Å². The van der Waals surface area contributed by atoms with Crippen LogP contribution in [0.1, 0.15) is 25.7 Å². The van der Waals surface area contributed by atoms with E-state index in [1.165, 1.54) is 25.7 Å². The fourth-order valence-corrected chi connectivity index (χ4v) is 0.807. The van der Waals surface area contributed by atoms with Crippen LogP contribution in [0.3, 0.4) is 0 Å². The van der Waals surface area contributed by atoms with Gasteiger partial charge in [0, 0.05) is 5.92 Å². The van der Waals surface area contributed by atoms with Crippen LogP contribution in [-0.4, -0.2) is 12.0 Å². The van der Waals surface area contributed by atoms with Crippen LogP contribution < -0.4 is 0 Å². The molecular formula is C7H11NO. The van der Waals surface area contributed by atoms with Crippen molar-refractivity contribution in [1.82, 2.24) is 0 Å². The molecule has 9 heavy (non-hydrogen) atoms. The molecule has 0 atom stereocenters. The topological polar surface area (TPSA) is 33.1 Å². The summed E-state index contributed by atoms with van der Waals surface area (Å²) in [5.41, 5.74) is 0. The highest BCUT2D eigenvalue weighted by molar-refractivity contribution is 5.78. The van der Waals surface area contributed by atoms with Gasteiger partial charge in [0.05, 0.1) is 0 Å². The largest absolute Gasteiger partial charge is 0.478 e. The van der Waals surface area contributed by atoms with Crippen LogP contribution in [0.25, 0.3) is 0 Å². The van der Waals surface area contributed by atoms with Crippen molar-refractivity contribution in [3.8, 4) is 0 Å². The van der Waals surface area contributed by atoms with Crippen LogP contribution in [0.4, 0.5) is 0 Å². The van der Waals surface area contributed by atoms with E-state index in [-0.39, 0.29) is 0 Å². The molecule has 2 fully saturated rings. The first-order valence-electron chi connectivity index (χ1n) is 3.61. The summed E-state index contributed by atoms with van der Waals surface area (Å²) >= 11 is 0. The molecule has 0 bridgehead atoms. The molecule has 1 N–H and O–H groups in total. The second kappa shape index (κ2) is 1.72. The molecule has 0 unspecified atom stereocenters. The van der Waals surface area contributed by atoms with Crippen molar-refractivity contribution in [3.63, 3.8) is 0 Å². The molecule has 50 valence electrons. The fourth-order valence-electron chi connectivity index (χ4n) is 0.807. The number of hydrogen-bond donors (Lipinski definition) is 1. The van der Waals surface area contributed by atoms with E-state index < -0.39 is 0 Å². The van der Waals surface area contributed by atoms with Gasteiger partial charge in [0.15, 0.2) is 5.90 Å². The molecule has 0 spiro atoms. The fraction of sp³-hybridized carbons (Fsp3) is 0.857. The Kier molecular flexibility index (Phi) is 1.01. The van der Waals surface area contributed by atoms with Gasteiger partial charge in [0.2, 0.25) is 0 Å². The van der Waals surface area contributed by atoms with Crippen molar-refractivity contribution in [2.75, 3.05) is 0 Å². The monoisotopic (exact) mass is 125 g/mol. The molecule has 2 rings (SSSR count). The maximum absolute atomic E-state index is 7.35. The van der Waals surface area contributed by atoms with Crippen molar-refractivity contribution in [2.45, 2.75) is 31.8 Å². The molecule has 0 radical (unpaired) electrons. The van der Waals surface area contributed by atoms with E-state index >= 15 is 0 Å². The highest BCUT2D eigenvalue weighted by Gasteiger charge is 2.32. The molecule has 2 saturated carbocycles. The van der Waals surface area contributed by atoms with Gasteiger partial charge >= 0.3 is 0 Å². The highest BCUT2D eigenvalue weighted by atomic mass is 16.5. The Bertz CT molecular complexity index is 136. The van der Waals surface area contributed by atoms with Crippen molar-refractivity contribution < 1.29 is 4.74 Å². The second-order valence-corrected chi connectivity index (χ2v) is 2.96. The predicted molar refractivity (Wildman–Crippen MR) is 34.6 cm³/mol. The van der Waals surface area contributed by atoms with Crippen molar-refractivity contribution >= 4 is 5.90 Å². The summed E-state index contributed by atoms with van der Waals surface area (Å²) in [5.74, 6) is 1.06. The summed E-state index contributed by atoms with van der Waals surface area (Å²) in [5, 5.41) is 7.35. The van der Waals surface area contributed by atoms with Gasteiger partial charge in [-0.25, -0.2) is 0 Å². The summed E-state index contributed by atoms with van der Waals surface area (Å²) in [6, 6.07) is 0. The van der Waals surface area contributed by atoms with Crippen molar-refractivity contribution in [3.05, 3.63) is 0 Å². The summed E-state index contributed by atoms with van der Waals surface area (Å²) < 4.78 is 5.27. The van der Waals surface area contributed by atoms with Gasteiger partial charge in [-0.15, -0.1) is 0 Å². The molecule has 2 aliphatic rings. The quantitative estimate of drug-likeness (QED) is 0.441. The van der Waals surface area contributed by atoms with Crippen LogP contribution >= 0.6 is 0 Å². The maximum atomic E-state index is 7.35. The van der Waals surface area contributed by atoms with E-state index in [2.05, 4.69) is 0 Å². The van der Waals surface area contributed by atoms with Gasteiger partial charge in [-0.05, 0) is 25.7 Å². The molecule has 0 aromatic carbocycles. The summed E-state index contributed by atoms with van der Waals surface area (Å²) in [4.78, 5) is 0. The second-order valence-electron chi connectivity index (χ2n) is 2.96. The lowest BCUT2D eigenvalue weighted by Gasteiger charge is -2.01. The minimum Gasteiger partial charge on any atom is -0.478 e. The van der Waals surface area contributed by atoms with E-state index in [0.29, 0.717) is 17.9 Å². The average molecular weight is 125 g/mol. The smallest absolute Gasteiger partial charge is 0.183 e. The minimum atomic E-state index is 0.429. The van der Waals surface area contributed by atoms with Gasteiger partial charge in [0.25, 0.3) is 0 Å². The Labute approximate surface area is 54.7 Å². The molecular weight excluding hydrogens is 114 g/mol. The molecule has 0 amide bonds. The van der Waals surface area contributed by atoms with Gasteiger partial charge in [-0.3, -0.25) is 5.41 Å². The molecule has 0 aliphatic heterocycles. The first kappa shape index (κ1) is 5.27. The third-order valence-electron chi connectivity index (χ3n) is 1.77. The van der Waals surface area contributed by atoms with Crippen LogP contribution in [0.15, 0.2) is 0 Å². The third-order valence-corrected chi connectivity index (χ3v) is 1.77. The lowest BCUT2D eigenvalue weighted by atomic mass is 10.4. The molecule has 2 nitrogen and oxygen atoms in total. The van der Waals surface area contributed by atoms with Gasteiger partial charge in [0.1, 0.15) is 6.10 Å². The van der Waals surface area contributed by atoms with E-state index in [0.717, 1.165) is 0 Å². The lowest BCUT2D eigenvalue weighted by molar-refractivity contribution is 0.275. The zero-order valence-electron chi connectivity index (χ0n) is 5.39. The van der Waals surface area contributed by atoms with E-state index in [4.69, 9.17) is 10.1 Å². The van der Waals surface area contributed by atoms with Gasteiger partial charge < -0.3 is 4.74 Å². The zero-order chi connectivity index (χ0) is 6.27. The van der Waals surface area contributed by atoms with Crippen molar-refractivity contribution in [1.29, 1.82) is 5.41 Å². The Morgan fingerprint density at radius 3 is 2.33 bits per heavy atom. The Balaban J connectivity index is 1.75. The number of ether oxygens (including phenoxy) is 1. The minimum absolute atomic E-state index is 0.429. The van der Waals surface area contributed by atoms with Gasteiger partial charge in [-0.1, -0.05) is 0 Å². The molecule has 0 aromatic heterocycles. The normalized spacial score (nSPS) is 25.8. The van der Waals surface area contributed by atoms with Crippen LogP contribution in [-0.2, 0) is 4.74 Å². The maximum Gasteiger partial charge on any atom is 0.183 e. The molecule has 2 heteroatoms. The SMILES string of the molecule is N=C(OC1CC1)C1CC1. The Morgan fingerprint density at radius 2 is 1.89 bits per heavy atom. The van der Waals surface area contributed by atoms with E-state index in [1.54, 1.807) is 0 Å². The van der Waals surface area contributed by atoms with E-state index in [1.807, 2.05) is 0 Å². The molecule has 0 saturated heterocycles. The number of rotatable bonds is 2. The summed E-state index contributed by atoms with van der Waals surface area (Å²) in [6.45, 7) is 0. The molecule has 2 aliphatic carbocycles. The number of hydrogen-bond acceptors (Lipinski definition) is 2. The highest BCUT2D eigenvalue weighted by Crippen LogP contribution is 2.33. The first-order chi connectivity index (χ1) is 4.36.